The molecule has 0 aliphatic carbocycles. The molecule has 0 spiro atoms. The Morgan fingerprint density at radius 1 is 0.551 bits per heavy atom. The molecular weight excluding hydrogens is 905 g/mol. The predicted molar refractivity (Wildman–Crippen MR) is 280 cm³/mol. The van der Waals surface area contributed by atoms with Gasteiger partial charge in [0.1, 0.15) is 11.4 Å². The first-order chi connectivity index (χ1) is 32.5. The molecule has 0 atom stereocenters. The van der Waals surface area contributed by atoms with Crippen molar-refractivity contribution in [2.45, 2.75) is 82.4 Å². The molecule has 0 radical (unpaired) electrons. The van der Waals surface area contributed by atoms with Crippen molar-refractivity contribution in [2.75, 3.05) is 16.0 Å². The molecule has 12 nitrogen and oxygen atoms in total. The summed E-state index contributed by atoms with van der Waals surface area (Å²) in [6.45, 7) is 17.3. The summed E-state index contributed by atoms with van der Waals surface area (Å²) in [7, 11) is -7.57. The highest BCUT2D eigenvalue weighted by atomic mass is 32.2. The minimum Gasteiger partial charge on any atom is -0.364 e. The fourth-order valence-electron chi connectivity index (χ4n) is 7.93. The number of nitrogens with one attached hydrogen (secondary N) is 5. The number of anilines is 2. The van der Waals surface area contributed by atoms with Gasteiger partial charge in [-0.15, -0.1) is 0 Å². The van der Waals surface area contributed by atoms with Crippen molar-refractivity contribution in [3.05, 3.63) is 168 Å². The molecule has 2 heterocycles. The number of benzene rings is 6. The molecule has 69 heavy (non-hydrogen) atoms. The lowest BCUT2D eigenvalue weighted by Gasteiger charge is -2.19. The Bertz CT molecular complexity index is 3350. The Morgan fingerprint density at radius 2 is 0.942 bits per heavy atom. The first-order valence-corrected chi connectivity index (χ1v) is 25.8. The van der Waals surface area contributed by atoms with Crippen LogP contribution in [0.4, 0.5) is 11.4 Å². The molecule has 8 aromatic rings. The van der Waals surface area contributed by atoms with Crippen molar-refractivity contribution >= 4 is 65.0 Å². The number of hydrogen-bond donors (Lipinski definition) is 6. The zero-order valence-electron chi connectivity index (χ0n) is 40.2. The highest BCUT2D eigenvalue weighted by molar-refractivity contribution is 7.93. The summed E-state index contributed by atoms with van der Waals surface area (Å²) in [6.07, 6.45) is 0.884. The molecule has 0 bridgehead atoms. The molecule has 2 aromatic heterocycles. The van der Waals surface area contributed by atoms with Crippen LogP contribution in [0.2, 0.25) is 0 Å². The minimum absolute atomic E-state index is 0.0678. The van der Waals surface area contributed by atoms with Crippen LogP contribution in [0.15, 0.2) is 155 Å². The number of hydrogen-bond acceptors (Lipinski definition) is 6. The maximum absolute atomic E-state index is 13.2. The van der Waals surface area contributed by atoms with Crippen molar-refractivity contribution in [3.8, 4) is 22.3 Å². The second-order valence-corrected chi connectivity index (χ2v) is 22.9. The zero-order valence-corrected chi connectivity index (χ0v) is 41.8. The highest BCUT2D eigenvalue weighted by Gasteiger charge is 2.24. The van der Waals surface area contributed by atoms with Gasteiger partial charge in [-0.1, -0.05) is 140 Å². The van der Waals surface area contributed by atoms with Crippen LogP contribution >= 0.6 is 0 Å². The van der Waals surface area contributed by atoms with Gasteiger partial charge in [-0.25, -0.2) is 16.8 Å². The number of aromatic amines is 2. The van der Waals surface area contributed by atoms with Gasteiger partial charge >= 0.3 is 0 Å². The quantitative estimate of drug-likeness (QED) is 0.0665. The van der Waals surface area contributed by atoms with Crippen LogP contribution in [0.3, 0.4) is 0 Å². The second-order valence-electron chi connectivity index (χ2n) is 19.6. The maximum Gasteiger partial charge on any atom is 0.268 e. The molecule has 6 aromatic carbocycles. The normalized spacial score (nSPS) is 12.1. The number of sulfonamides is 2. The third-order valence-corrected chi connectivity index (χ3v) is 14.6. The number of fused-ring (bicyclic) bond motifs is 2. The summed E-state index contributed by atoms with van der Waals surface area (Å²) in [4.78, 5) is 31.9. The fourth-order valence-corrected chi connectivity index (χ4v) is 10.0. The molecule has 7 N–H and O–H groups in total. The van der Waals surface area contributed by atoms with Gasteiger partial charge in [0.15, 0.2) is 0 Å². The minimum atomic E-state index is -3.79. The van der Waals surface area contributed by atoms with Crippen LogP contribution in [0.25, 0.3) is 44.1 Å². The molecule has 0 saturated heterocycles. The number of carbonyl (C=O) groups is 2. The third-order valence-electron chi connectivity index (χ3n) is 11.8. The van der Waals surface area contributed by atoms with Crippen LogP contribution in [0, 0.1) is 5.92 Å². The number of nitrogens with two attached hydrogens (primary N) is 1. The van der Waals surface area contributed by atoms with E-state index >= 15 is 0 Å². The van der Waals surface area contributed by atoms with Gasteiger partial charge in [0.25, 0.3) is 31.9 Å². The van der Waals surface area contributed by atoms with Crippen molar-refractivity contribution in [1.29, 1.82) is 0 Å². The summed E-state index contributed by atoms with van der Waals surface area (Å²) in [6, 6.07) is 43.2. The maximum atomic E-state index is 13.2. The number of aromatic nitrogens is 2. The van der Waals surface area contributed by atoms with Crippen LogP contribution < -0.4 is 20.5 Å². The summed E-state index contributed by atoms with van der Waals surface area (Å²) < 4.78 is 57.6. The van der Waals surface area contributed by atoms with Gasteiger partial charge in [-0.3, -0.25) is 19.0 Å². The molecule has 0 unspecified atom stereocenters. The summed E-state index contributed by atoms with van der Waals surface area (Å²) in [5, 5.41) is 4.48. The highest BCUT2D eigenvalue weighted by Crippen LogP contribution is 2.37. The van der Waals surface area contributed by atoms with E-state index in [9.17, 15) is 26.4 Å². The van der Waals surface area contributed by atoms with E-state index in [0.717, 1.165) is 45.1 Å². The third kappa shape index (κ3) is 11.6. The largest absolute Gasteiger partial charge is 0.364 e. The van der Waals surface area contributed by atoms with Crippen molar-refractivity contribution in [2.24, 2.45) is 11.7 Å². The van der Waals surface area contributed by atoms with E-state index in [0.29, 0.717) is 46.0 Å². The fraction of sp³-hybridized carbons (Fsp3) is 0.236. The number of primary amides is 1. The molecular formula is C55H60N6O6S2. The predicted octanol–water partition coefficient (Wildman–Crippen LogP) is 11.7. The second kappa shape index (κ2) is 19.8. The molecule has 0 saturated carbocycles. The van der Waals surface area contributed by atoms with E-state index < -0.39 is 26.0 Å². The number of H-pyrrole nitrogens is 2. The monoisotopic (exact) mass is 964 g/mol. The topological polar surface area (TPSA) is 196 Å². The van der Waals surface area contributed by atoms with Crippen LogP contribution in [-0.2, 0) is 30.9 Å². The Balaban J connectivity index is 0.000000206. The standard InChI is InChI=1S/C30H35N3O3S.C25H25N3O3S/c1-20(2)17-18-31-29(34)28-27(21-9-7-6-8-10-21)25-19-23(13-16-26(25)32-28)33-37(35,36)24-14-11-22(12-15-24)30(3,4)5;1-25(2,3)17-9-12-19(13-10-17)32(30,31)28-18-11-14-21-20(15-18)22(23(27-21)24(26)29)16-7-5-4-6-8-16/h6-16,19-20,32-33H,17-18H2,1-5H3,(H,31,34);4-15,27-28H,1-3H3,(H2,26,29). The Labute approximate surface area is 405 Å². The zero-order chi connectivity index (χ0) is 49.9. The molecule has 0 fully saturated rings. The summed E-state index contributed by atoms with van der Waals surface area (Å²) in [5.41, 5.74) is 13.6. The van der Waals surface area contributed by atoms with Crippen molar-refractivity contribution in [1.82, 2.24) is 15.3 Å². The van der Waals surface area contributed by atoms with Crippen LogP contribution in [0.5, 0.6) is 0 Å². The average molecular weight is 965 g/mol. The Hall–Kier alpha value is -7.16. The lowest BCUT2D eigenvalue weighted by Crippen LogP contribution is -2.26. The molecule has 14 heteroatoms. The number of amides is 2. The summed E-state index contributed by atoms with van der Waals surface area (Å²) >= 11 is 0. The van der Waals surface area contributed by atoms with Gasteiger partial charge < -0.3 is 21.0 Å². The van der Waals surface area contributed by atoms with E-state index in [1.165, 1.54) is 0 Å². The molecule has 0 aliphatic heterocycles. The number of carbonyl (C=O) groups excluding carboxylic acids is 2. The Morgan fingerprint density at radius 3 is 1.32 bits per heavy atom. The van der Waals surface area contributed by atoms with Gasteiger partial charge in [-0.2, -0.15) is 0 Å². The van der Waals surface area contributed by atoms with E-state index in [-0.39, 0.29) is 32.2 Å². The van der Waals surface area contributed by atoms with Gasteiger partial charge in [0.2, 0.25) is 0 Å². The SMILES string of the molecule is CC(C)(C)c1ccc(S(=O)(=O)Nc2ccc3[nH]c(C(N)=O)c(-c4ccccc4)c3c2)cc1.CC(C)CCNC(=O)c1[nH]c2ccc(NS(=O)(=O)c3ccc(C(C)(C)C)cc3)cc2c1-c1ccccc1. The number of rotatable bonds is 13. The summed E-state index contributed by atoms with van der Waals surface area (Å²) in [5.74, 6) is -0.283. The lowest BCUT2D eigenvalue weighted by atomic mass is 9.87. The lowest BCUT2D eigenvalue weighted by molar-refractivity contribution is 0.0947. The molecule has 0 aliphatic rings. The first-order valence-electron chi connectivity index (χ1n) is 22.8. The van der Waals surface area contributed by atoms with E-state index in [1.54, 1.807) is 60.7 Å². The van der Waals surface area contributed by atoms with Crippen LogP contribution in [-0.4, -0.2) is 45.2 Å². The Kier molecular flexibility index (Phi) is 14.3. The van der Waals surface area contributed by atoms with Crippen molar-refractivity contribution in [3.63, 3.8) is 0 Å². The first kappa shape index (κ1) is 49.7. The van der Waals surface area contributed by atoms with Crippen LogP contribution in [0.1, 0.15) is 93.9 Å². The average Bonchev–Trinajstić information content (AvgIpc) is 3.88. The van der Waals surface area contributed by atoms with Gasteiger partial charge in [0, 0.05) is 50.9 Å². The van der Waals surface area contributed by atoms with Gasteiger partial charge in [0.05, 0.1) is 9.79 Å². The van der Waals surface area contributed by atoms with Gasteiger partial charge in [-0.05, 0) is 106 Å². The van der Waals surface area contributed by atoms with E-state index in [2.05, 4.69) is 80.1 Å². The van der Waals surface area contributed by atoms with E-state index in [4.69, 9.17) is 5.73 Å². The molecule has 8 rings (SSSR count). The smallest absolute Gasteiger partial charge is 0.268 e. The molecule has 2 amide bonds. The van der Waals surface area contributed by atoms with E-state index in [1.807, 2.05) is 84.9 Å². The molecule has 358 valence electrons. The van der Waals surface area contributed by atoms with Crippen molar-refractivity contribution < 1.29 is 26.4 Å².